The molecular weight excluding hydrogens is 1990 g/mol. The summed E-state index contributed by atoms with van der Waals surface area (Å²) in [4.78, 5) is 50.5. The van der Waals surface area contributed by atoms with Crippen LogP contribution in [0.25, 0.3) is 0 Å². The largest absolute Gasteiger partial charge is 0.748 e. The molecule has 0 aromatic rings. The Kier molecular flexibility index (Phi) is 46.7. The predicted molar refractivity (Wildman–Crippen MR) is 357 cm³/mol. The molecule has 0 bridgehead atoms. The second kappa shape index (κ2) is 52.5. The van der Waals surface area contributed by atoms with Crippen molar-refractivity contribution in [1.82, 2.24) is 0 Å². The van der Waals surface area contributed by atoms with Crippen LogP contribution in [0.3, 0.4) is 0 Å². The molecule has 0 aliphatic carbocycles. The van der Waals surface area contributed by atoms with Crippen molar-refractivity contribution in [1.29, 1.82) is 0 Å². The Morgan fingerprint density at radius 1 is 0.266 bits per heavy atom. The molecule has 7 rings (SSSR count). The third-order valence-electron chi connectivity index (χ3n) is 18.4. The van der Waals surface area contributed by atoms with E-state index in [1.165, 1.54) is 6.92 Å². The van der Waals surface area contributed by atoms with Crippen molar-refractivity contribution in [2.75, 3.05) is 39.6 Å². The van der Waals surface area contributed by atoms with Crippen LogP contribution in [0.15, 0.2) is 0 Å². The molecule has 7 fully saturated rings. The number of rotatable bonds is 52. The molecule has 76 heteroatoms. The van der Waals surface area contributed by atoms with Crippen LogP contribution in [0, 0.1) is 42.1 Å². The summed E-state index contributed by atoms with van der Waals surface area (Å²) in [6, 6.07) is 0. The second-order valence-corrected chi connectivity index (χ2v) is 33.5. The Bertz CT molecular complexity index is 3760. The van der Waals surface area contributed by atoms with E-state index in [1.807, 2.05) is 0 Å². The fraction of sp³-hybridized carbons (Fsp3) is 0.979. The molecule has 5 N–H and O–H groups in total. The van der Waals surface area contributed by atoms with Crippen LogP contribution in [0.5, 0.6) is 0 Å². The summed E-state index contributed by atoms with van der Waals surface area (Å²) in [6.45, 7) is 1.30. The highest BCUT2D eigenvalue weighted by Gasteiger charge is 2.58. The van der Waals surface area contributed by atoms with Crippen molar-refractivity contribution in [3.8, 4) is 0 Å². The molecule has 7 saturated heterocycles. The van der Waals surface area contributed by atoms with Gasteiger partial charge in [0.1, 0.15) is 187 Å². The van der Waals surface area contributed by atoms with Gasteiger partial charge in [-0.1, -0.05) is 0 Å². The van der Waals surface area contributed by atoms with Crippen molar-refractivity contribution in [2.24, 2.45) is 35.5 Å². The van der Waals surface area contributed by atoms with Crippen LogP contribution in [-0.4, -0.2) is 341 Å². The van der Waals surface area contributed by atoms with Crippen LogP contribution in [0.2, 0.25) is 0 Å². The van der Waals surface area contributed by atoms with Crippen molar-refractivity contribution in [3.05, 3.63) is 6.61 Å². The Balaban J connectivity index is 1.40. The second-order valence-electron chi connectivity index (χ2n) is 26.0. The maximum atomic E-state index is 12.5. The van der Waals surface area contributed by atoms with Gasteiger partial charge in [-0.2, -0.15) is 16.8 Å². The van der Waals surface area contributed by atoms with Gasteiger partial charge in [-0.15, -0.1) is 43.3 Å². The lowest BCUT2D eigenvalue weighted by molar-refractivity contribution is -0.413. The molecule has 124 heavy (non-hydrogen) atoms. The fourth-order valence-electron chi connectivity index (χ4n) is 13.2. The maximum Gasteiger partial charge on any atom is 0.397 e. The van der Waals surface area contributed by atoms with E-state index in [1.54, 1.807) is 0 Å². The summed E-state index contributed by atoms with van der Waals surface area (Å²) >= 11 is -36.3. The van der Waals surface area contributed by atoms with Crippen LogP contribution >= 0.6 is 0 Å². The van der Waals surface area contributed by atoms with E-state index < -0.39 is 382 Å². The number of aliphatic hydroxyl groups is 3. The van der Waals surface area contributed by atoms with Crippen LogP contribution in [-0.2, 0) is 297 Å². The number of hydrogen-bond donors (Lipinski definition) is 5. The average Bonchev–Trinajstić information content (AvgIpc) is 0.779. The summed E-state index contributed by atoms with van der Waals surface area (Å²) in [5, 5.41) is 33.9. The third kappa shape index (κ3) is 34.3. The van der Waals surface area contributed by atoms with E-state index in [4.69, 9.17) is 115 Å². The summed E-state index contributed by atoms with van der Waals surface area (Å²) < 4.78 is 437. The van der Waals surface area contributed by atoms with Crippen LogP contribution in [0.4, 0.5) is 0 Å². The molecule has 24 unspecified atom stereocenters. The van der Waals surface area contributed by atoms with E-state index in [9.17, 15) is 129 Å². The first kappa shape index (κ1) is 110. The first-order valence-corrected chi connectivity index (χ1v) is 46.6. The van der Waals surface area contributed by atoms with Crippen LogP contribution in [0.1, 0.15) is 48.5 Å². The quantitative estimate of drug-likeness (QED) is 0.0163. The summed E-state index contributed by atoms with van der Waals surface area (Å²) in [5.74, 6) is -11.4. The smallest absolute Gasteiger partial charge is 0.397 e. The highest BCUT2D eigenvalue weighted by Crippen LogP contribution is 2.44. The zero-order valence-electron chi connectivity index (χ0n) is 62.7. The highest BCUT2D eigenvalue weighted by atomic mass is 32.3. The van der Waals surface area contributed by atoms with Gasteiger partial charge in [0.25, 0.3) is 0 Å². The first-order valence-electron chi connectivity index (χ1n) is 33.9. The lowest BCUT2D eigenvalue weighted by Crippen LogP contribution is -2.62. The first-order chi connectivity index (χ1) is 58.1. The molecule has 64 nitrogen and oxygen atoms in total. The monoisotopic (exact) mass is 2060 g/mol. The molecule has 7 aliphatic heterocycles. The minimum Gasteiger partial charge on any atom is -0.748 e. The van der Waals surface area contributed by atoms with Gasteiger partial charge < -0.3 is 122 Å². The summed E-state index contributed by atoms with van der Waals surface area (Å²) in [6.07, 6.45) is -58.3. The van der Waals surface area contributed by atoms with Gasteiger partial charge in [-0.25, -0.2) is 99.3 Å². The zero-order valence-corrected chi connectivity index (χ0v) is 72.5. The van der Waals surface area contributed by atoms with Gasteiger partial charge in [0, 0.05) is 35.5 Å². The fourth-order valence-corrected chi connectivity index (χ4v) is 15.8. The van der Waals surface area contributed by atoms with Crippen molar-refractivity contribution < 1.29 is 291 Å². The molecule has 0 aromatic carbocycles. The minimum atomic E-state index is -5.85. The van der Waals surface area contributed by atoms with Gasteiger partial charge in [-0.3, -0.25) is 9.11 Å². The van der Waals surface area contributed by atoms with Gasteiger partial charge in [0.2, 0.25) is 0 Å². The van der Waals surface area contributed by atoms with Gasteiger partial charge in [0.15, 0.2) is 62.2 Å². The number of hydrogen-bond acceptors (Lipinski definition) is 62. The Labute approximate surface area is 723 Å². The molecule has 0 amide bonds. The Hall–Kier alpha value is -0.600. The average molecular weight is 2060 g/mol. The van der Waals surface area contributed by atoms with Gasteiger partial charge in [0.05, 0.1) is 82.4 Å². The molecular formula is C48H73O64S12-10. The van der Waals surface area contributed by atoms with Crippen LogP contribution < -0.4 is 0 Å². The molecule has 7 aliphatic rings. The van der Waals surface area contributed by atoms with E-state index in [2.05, 4.69) is 47.5 Å². The molecule has 0 aromatic heterocycles. The van der Waals surface area contributed by atoms with E-state index in [-0.39, 0.29) is 0 Å². The van der Waals surface area contributed by atoms with Gasteiger partial charge >= 0.3 is 20.8 Å². The maximum absolute atomic E-state index is 12.5. The number of aliphatic hydroxyl groups excluding tert-OH is 3. The standard InChI is InChI=1S/C48H83O64S12/c1-15-29(49)39(101-123(72,73)74)31(51)45(85-15)81-11-25-22(8-82-46-38(98-110-120(66)67)27(35(19(5)88-46)95-107-117(60)61)13-84-47-40(99-111-121(68)69)30(50)36(20(6)89-47)96-108-118(62)63)33(93-105-115(56)57)17(3)86-43(25)79-10-24-23(9-83-48-42(100-112-122(70)71)41(102-124(75,76)77)37(21(7)90-48)97-109-119(64)65)34(94-106-116(58)59)18(4)87-44(24)80-12-26-28(91-103-113(52)53)14-78-16(2)32(26)92-104-114(54)55/h14-51H,8-13H2,1-7H3,(H,52,53)(H,54,55)(H,56,57)(H,58,59)(H,60,61)(H,62,63)(H,64,65)(H,66,67)(H,68,69)(H,70,71)(H,72,73,74)(H,75,76,77)/p-10/t15?,16?,17?,18?,19?,20?,21?,22-,23-,24?,25?,26-,27+,28?,29-,30+,31?,32-,33-,34-,35-,36-,37-,38?,39+,40?,41+,42?,43-,44-,45-,46-,47-,48-/m1/s1. The molecule has 0 saturated carbocycles. The normalized spacial score (nSPS) is 40.3. The van der Waals surface area contributed by atoms with Crippen molar-refractivity contribution in [2.45, 2.75) is 220 Å². The Morgan fingerprint density at radius 3 is 0.944 bits per heavy atom. The Morgan fingerprint density at radius 2 is 0.532 bits per heavy atom. The molecule has 0 spiro atoms. The number of ether oxygens (including phenoxy) is 13. The topological polar surface area (TPSA) is 894 Å². The molecule has 731 valence electrons. The zero-order chi connectivity index (χ0) is 92.1. The highest BCUT2D eigenvalue weighted by molar-refractivity contribution is 7.81. The third-order valence-corrected chi connectivity index (χ3v) is 21.3. The molecule has 7 heterocycles. The van der Waals surface area contributed by atoms with E-state index in [0.717, 1.165) is 48.1 Å². The van der Waals surface area contributed by atoms with Crippen molar-refractivity contribution in [3.63, 3.8) is 0 Å². The predicted octanol–water partition coefficient (Wildman–Crippen LogP) is -9.60. The molecule has 1 radical (unpaired) electrons. The van der Waals surface area contributed by atoms with Crippen molar-refractivity contribution >= 4 is 134 Å². The van der Waals surface area contributed by atoms with Gasteiger partial charge in [-0.05, 0) is 48.5 Å². The lowest BCUT2D eigenvalue weighted by Gasteiger charge is -2.49. The summed E-state index contributed by atoms with van der Waals surface area (Å²) in [7, 11) is -11.5. The SMILES string of the molecule is CC1O[C@@H](OCC2[C@H](OCC3[C@H](OC[C@@H]4C(OOS(=O)[O-])[CH]OC(C)[C@H]4OOS(=O)[O-])OC(C)[C@@H](OOS(=O)[O-])[C@@H]3CO[C@@H]3OC(C)[C@@H](OOS(=O)[O-])[C@H](OS(=O)(=O)O)C3OOS(=O)[O-])OC(C)[C@@H](OOS(=O)[O-])[C@@H]2CO[C@@H]2OC(C)[C@@H](OOS(=O)[O-])[C@H](CO[C@@H]3OC(C)[C@@H](OOS(=O)[O-])[C@H](O)C3OOS(=O)[O-])C2OOS(=O)[O-])C(O)[C@@H](OS(=O)(=O)O)[C@@H]1O. The van der Waals surface area contributed by atoms with E-state index in [0.29, 0.717) is 0 Å². The molecule has 44 atom stereocenters. The lowest BCUT2D eigenvalue weighted by atomic mass is 9.82. The summed E-state index contributed by atoms with van der Waals surface area (Å²) in [5.41, 5.74) is 0. The minimum absolute atomic E-state index is 0.792. The van der Waals surface area contributed by atoms with E-state index >= 15 is 0 Å².